The number of aryl methyl sites for hydroxylation is 4. The van der Waals surface area contributed by atoms with Gasteiger partial charge in [-0.05, 0) is 64.8 Å². The van der Waals surface area contributed by atoms with E-state index in [0.29, 0.717) is 6.54 Å². The van der Waals surface area contributed by atoms with Crippen molar-refractivity contribution in [1.29, 1.82) is 0 Å². The molecule has 1 saturated heterocycles. The second-order valence-electron chi connectivity index (χ2n) is 7.37. The number of thiazole rings is 1. The molecule has 1 aromatic carbocycles. The summed E-state index contributed by atoms with van der Waals surface area (Å²) in [6.45, 7) is 12.2. The second kappa shape index (κ2) is 8.31. The number of rotatable bonds is 5. The molecule has 0 atom stereocenters. The lowest BCUT2D eigenvalue weighted by Gasteiger charge is -2.26. The van der Waals surface area contributed by atoms with Crippen LogP contribution in [0.3, 0.4) is 0 Å². The van der Waals surface area contributed by atoms with Crippen LogP contribution in [-0.2, 0) is 0 Å². The van der Waals surface area contributed by atoms with Gasteiger partial charge in [-0.2, -0.15) is 0 Å². The van der Waals surface area contributed by atoms with Gasteiger partial charge in [0.2, 0.25) is 0 Å². The van der Waals surface area contributed by atoms with Crippen LogP contribution in [0, 0.1) is 27.7 Å². The van der Waals surface area contributed by atoms with Crippen molar-refractivity contribution < 1.29 is 4.79 Å². The van der Waals surface area contributed by atoms with Gasteiger partial charge in [0.05, 0.1) is 5.69 Å². The third-order valence-corrected chi connectivity index (χ3v) is 6.23. The van der Waals surface area contributed by atoms with E-state index in [1.54, 1.807) is 0 Å². The van der Waals surface area contributed by atoms with Gasteiger partial charge in [0.1, 0.15) is 9.88 Å². The fourth-order valence-electron chi connectivity index (χ4n) is 3.82. The summed E-state index contributed by atoms with van der Waals surface area (Å²) in [7, 11) is 0. The number of aromatic nitrogens is 1. The third kappa shape index (κ3) is 4.33. The standard InChI is InChI=1S/C21H29N3OS/c1-14-12-15(2)18(16(3)13-14)21-23-17(4)19(26-21)20(25)22-8-11-24-9-6-5-7-10-24/h12-13H,5-11H2,1-4H3,(H,22,25). The van der Waals surface area contributed by atoms with Gasteiger partial charge in [0, 0.05) is 18.7 Å². The molecule has 1 amide bonds. The maximum atomic E-state index is 12.6. The zero-order chi connectivity index (χ0) is 18.7. The average Bonchev–Trinajstić information content (AvgIpc) is 2.96. The minimum atomic E-state index is 0.00526. The van der Waals surface area contributed by atoms with Gasteiger partial charge in [0.15, 0.2) is 0 Å². The van der Waals surface area contributed by atoms with Crippen molar-refractivity contribution in [1.82, 2.24) is 15.2 Å². The van der Waals surface area contributed by atoms with Crippen LogP contribution >= 0.6 is 11.3 Å². The first kappa shape index (κ1) is 19.1. The highest BCUT2D eigenvalue weighted by Crippen LogP contribution is 2.33. The summed E-state index contributed by atoms with van der Waals surface area (Å²) in [5.41, 5.74) is 5.67. The van der Waals surface area contributed by atoms with E-state index >= 15 is 0 Å². The number of hydrogen-bond donors (Lipinski definition) is 1. The number of nitrogens with zero attached hydrogens (tertiary/aromatic N) is 2. The number of likely N-dealkylation sites (tertiary alicyclic amines) is 1. The molecule has 26 heavy (non-hydrogen) atoms. The number of nitrogens with one attached hydrogen (secondary N) is 1. The molecule has 0 radical (unpaired) electrons. The number of amides is 1. The van der Waals surface area contributed by atoms with Crippen molar-refractivity contribution in [2.45, 2.75) is 47.0 Å². The first-order valence-corrected chi connectivity index (χ1v) is 10.3. The van der Waals surface area contributed by atoms with E-state index in [4.69, 9.17) is 4.98 Å². The molecule has 0 bridgehead atoms. The predicted molar refractivity (Wildman–Crippen MR) is 109 cm³/mol. The van der Waals surface area contributed by atoms with Crippen LogP contribution in [0.25, 0.3) is 10.6 Å². The van der Waals surface area contributed by atoms with Crippen LogP contribution in [0.2, 0.25) is 0 Å². The number of piperidine rings is 1. The number of hydrogen-bond acceptors (Lipinski definition) is 4. The normalized spacial score (nSPS) is 15.2. The van der Waals surface area contributed by atoms with Crippen molar-refractivity contribution >= 4 is 17.2 Å². The maximum absolute atomic E-state index is 12.6. The molecule has 1 fully saturated rings. The highest BCUT2D eigenvalue weighted by molar-refractivity contribution is 7.17. The Labute approximate surface area is 160 Å². The van der Waals surface area contributed by atoms with Crippen molar-refractivity contribution in [2.75, 3.05) is 26.2 Å². The molecular formula is C21H29N3OS. The van der Waals surface area contributed by atoms with Gasteiger partial charge >= 0.3 is 0 Å². The number of benzene rings is 1. The molecule has 0 unspecified atom stereocenters. The summed E-state index contributed by atoms with van der Waals surface area (Å²) in [5.74, 6) is 0.00526. The lowest BCUT2D eigenvalue weighted by Crippen LogP contribution is -2.37. The Balaban J connectivity index is 1.69. The smallest absolute Gasteiger partial charge is 0.263 e. The molecule has 0 spiro atoms. The number of carbonyl (C=O) groups is 1. The van der Waals surface area contributed by atoms with Crippen LogP contribution in [0.1, 0.15) is 51.3 Å². The Morgan fingerprint density at radius 2 is 1.77 bits per heavy atom. The van der Waals surface area contributed by atoms with Crippen molar-refractivity contribution in [3.63, 3.8) is 0 Å². The first-order valence-electron chi connectivity index (χ1n) is 9.52. The first-order chi connectivity index (χ1) is 12.5. The van der Waals surface area contributed by atoms with Crippen LogP contribution in [0.15, 0.2) is 12.1 Å². The molecule has 140 valence electrons. The van der Waals surface area contributed by atoms with Crippen molar-refractivity contribution in [3.05, 3.63) is 39.4 Å². The molecule has 1 N–H and O–H groups in total. The molecular weight excluding hydrogens is 342 g/mol. The second-order valence-corrected chi connectivity index (χ2v) is 8.36. The molecule has 4 nitrogen and oxygen atoms in total. The Bertz CT molecular complexity index is 768. The van der Waals surface area contributed by atoms with E-state index in [0.717, 1.165) is 40.8 Å². The lowest BCUT2D eigenvalue weighted by atomic mass is 10.0. The molecule has 0 aliphatic carbocycles. The Morgan fingerprint density at radius 3 is 2.42 bits per heavy atom. The predicted octanol–water partition coefficient (Wildman–Crippen LogP) is 4.26. The quantitative estimate of drug-likeness (QED) is 0.854. The van der Waals surface area contributed by atoms with E-state index in [9.17, 15) is 4.79 Å². The highest BCUT2D eigenvalue weighted by atomic mass is 32.1. The van der Waals surface area contributed by atoms with Gasteiger partial charge in [-0.25, -0.2) is 4.98 Å². The summed E-state index contributed by atoms with van der Waals surface area (Å²) in [6.07, 6.45) is 3.89. The van der Waals surface area contributed by atoms with E-state index in [2.05, 4.69) is 43.1 Å². The molecule has 0 saturated carbocycles. The molecule has 1 aliphatic heterocycles. The van der Waals surface area contributed by atoms with Crippen molar-refractivity contribution in [2.24, 2.45) is 0 Å². The molecule has 1 aromatic heterocycles. The van der Waals surface area contributed by atoms with Gasteiger partial charge in [0.25, 0.3) is 5.91 Å². The van der Waals surface area contributed by atoms with E-state index in [1.807, 2.05) is 6.92 Å². The molecule has 1 aliphatic rings. The zero-order valence-electron chi connectivity index (χ0n) is 16.3. The summed E-state index contributed by atoms with van der Waals surface area (Å²) in [4.78, 5) is 20.5. The summed E-state index contributed by atoms with van der Waals surface area (Å²) in [5, 5.41) is 4.02. The molecule has 2 heterocycles. The fraction of sp³-hybridized carbons (Fsp3) is 0.524. The lowest BCUT2D eigenvalue weighted by molar-refractivity contribution is 0.0950. The number of carbonyl (C=O) groups excluding carboxylic acids is 1. The van der Waals surface area contributed by atoms with Crippen LogP contribution in [0.5, 0.6) is 0 Å². The van der Waals surface area contributed by atoms with Crippen LogP contribution < -0.4 is 5.32 Å². The van der Waals surface area contributed by atoms with Crippen LogP contribution in [-0.4, -0.2) is 42.0 Å². The Morgan fingerprint density at radius 1 is 1.12 bits per heavy atom. The minimum Gasteiger partial charge on any atom is -0.350 e. The SMILES string of the molecule is Cc1cc(C)c(-c2nc(C)c(C(=O)NCCN3CCCCC3)s2)c(C)c1. The molecule has 2 aromatic rings. The van der Waals surface area contributed by atoms with Gasteiger partial charge in [-0.15, -0.1) is 11.3 Å². The largest absolute Gasteiger partial charge is 0.350 e. The van der Waals surface area contributed by atoms with E-state index in [1.165, 1.54) is 47.3 Å². The monoisotopic (exact) mass is 371 g/mol. The summed E-state index contributed by atoms with van der Waals surface area (Å²) in [6, 6.07) is 4.36. The fourth-order valence-corrected chi connectivity index (χ4v) is 4.98. The third-order valence-electron chi connectivity index (χ3n) is 5.06. The van der Waals surface area contributed by atoms with Crippen molar-refractivity contribution in [3.8, 4) is 10.6 Å². The topological polar surface area (TPSA) is 45.2 Å². The average molecular weight is 372 g/mol. The summed E-state index contributed by atoms with van der Waals surface area (Å²) < 4.78 is 0. The zero-order valence-corrected chi connectivity index (χ0v) is 17.1. The Kier molecular flexibility index (Phi) is 6.09. The Hall–Kier alpha value is -1.72. The van der Waals surface area contributed by atoms with Gasteiger partial charge in [-0.1, -0.05) is 24.1 Å². The van der Waals surface area contributed by atoms with E-state index < -0.39 is 0 Å². The van der Waals surface area contributed by atoms with Gasteiger partial charge < -0.3 is 10.2 Å². The molecule has 5 heteroatoms. The summed E-state index contributed by atoms with van der Waals surface area (Å²) >= 11 is 1.50. The van der Waals surface area contributed by atoms with Crippen LogP contribution in [0.4, 0.5) is 0 Å². The molecule has 3 rings (SSSR count). The highest BCUT2D eigenvalue weighted by Gasteiger charge is 2.19. The maximum Gasteiger partial charge on any atom is 0.263 e. The van der Waals surface area contributed by atoms with E-state index in [-0.39, 0.29) is 5.91 Å². The minimum absolute atomic E-state index is 0.00526. The van der Waals surface area contributed by atoms with Gasteiger partial charge in [-0.3, -0.25) is 4.79 Å².